The van der Waals surface area contributed by atoms with Gasteiger partial charge in [-0.25, -0.2) is 0 Å². The van der Waals surface area contributed by atoms with Crippen LogP contribution in [0.2, 0.25) is 0 Å². The lowest BCUT2D eigenvalue weighted by atomic mass is 9.33. The van der Waals surface area contributed by atoms with Gasteiger partial charge in [-0.3, -0.25) is 14.4 Å². The van der Waals surface area contributed by atoms with Crippen molar-refractivity contribution in [2.45, 2.75) is 145 Å². The van der Waals surface area contributed by atoms with Gasteiger partial charge in [0.2, 0.25) is 0 Å². The number of Topliss-reactive ketones (excluding diaryl/α,β-unsaturated/α-hetero) is 1. The molecular weight excluding hydrogens is 638 g/mol. The molecule has 8 nitrogen and oxygen atoms in total. The molecule has 6 aliphatic carbocycles. The minimum Gasteiger partial charge on any atom is -0.481 e. The highest BCUT2D eigenvalue weighted by Gasteiger charge is 2.70. The van der Waals surface area contributed by atoms with E-state index < -0.39 is 17.3 Å². The summed E-state index contributed by atoms with van der Waals surface area (Å²) in [6.45, 7) is 24.3. The number of carbonyl (C=O) groups excluding carboxylic acids is 2. The maximum atomic E-state index is 14.0. The fourth-order valence-corrected chi connectivity index (χ4v) is 14.4. The molecule has 0 radical (unpaired) electrons. The van der Waals surface area contributed by atoms with Crippen molar-refractivity contribution in [1.29, 1.82) is 0 Å². The van der Waals surface area contributed by atoms with Crippen molar-refractivity contribution < 1.29 is 24.2 Å². The Morgan fingerprint density at radius 3 is 2.22 bits per heavy atom. The second-order valence-corrected chi connectivity index (χ2v) is 21.2. The van der Waals surface area contributed by atoms with Gasteiger partial charge < -0.3 is 26.2 Å². The van der Waals surface area contributed by atoms with E-state index in [9.17, 15) is 19.5 Å². The van der Waals surface area contributed by atoms with Gasteiger partial charge in [-0.15, -0.1) is 0 Å². The van der Waals surface area contributed by atoms with Gasteiger partial charge in [-0.2, -0.15) is 0 Å². The number of allylic oxidation sites excluding steroid dienone is 2. The van der Waals surface area contributed by atoms with Crippen molar-refractivity contribution in [1.82, 2.24) is 10.6 Å². The average Bonchev–Trinajstić information content (AvgIpc) is 3.31. The van der Waals surface area contributed by atoms with Crippen LogP contribution in [0.3, 0.4) is 0 Å². The molecular formula is C43H69N3O5. The normalized spacial score (nSPS) is 44.7. The van der Waals surface area contributed by atoms with Gasteiger partial charge in [0.05, 0.1) is 17.4 Å². The number of esters is 1. The van der Waals surface area contributed by atoms with Gasteiger partial charge >= 0.3 is 11.9 Å². The predicted molar refractivity (Wildman–Crippen MR) is 200 cm³/mol. The van der Waals surface area contributed by atoms with Crippen LogP contribution in [0.1, 0.15) is 133 Å². The molecule has 7 aliphatic rings. The third-order valence-electron chi connectivity index (χ3n) is 17.8. The summed E-state index contributed by atoms with van der Waals surface area (Å²) >= 11 is 0. The fraction of sp³-hybridized carbons (Fsp3) is 0.884. The lowest BCUT2D eigenvalue weighted by molar-refractivity contribution is -0.236. The number of aliphatic carboxylic acids is 1. The van der Waals surface area contributed by atoms with Gasteiger partial charge in [0, 0.05) is 36.9 Å². The lowest BCUT2D eigenvalue weighted by Gasteiger charge is -2.72. The van der Waals surface area contributed by atoms with Crippen LogP contribution in [0, 0.1) is 68.0 Å². The molecule has 0 unspecified atom stereocenters. The molecule has 0 bridgehead atoms. The van der Waals surface area contributed by atoms with Crippen LogP contribution < -0.4 is 16.4 Å². The summed E-state index contributed by atoms with van der Waals surface area (Å²) in [7, 11) is 0. The number of carboxylic acids is 1. The number of rotatable bonds is 9. The molecule has 0 aromatic rings. The van der Waals surface area contributed by atoms with E-state index in [1.807, 2.05) is 13.8 Å². The summed E-state index contributed by atoms with van der Waals surface area (Å²) in [6.07, 6.45) is 10.8. The summed E-state index contributed by atoms with van der Waals surface area (Å²) in [4.78, 5) is 39.3. The Labute approximate surface area is 307 Å². The molecule has 1 aliphatic heterocycles. The van der Waals surface area contributed by atoms with Crippen LogP contribution >= 0.6 is 0 Å². The van der Waals surface area contributed by atoms with Crippen LogP contribution in [0.15, 0.2) is 11.1 Å². The first kappa shape index (κ1) is 37.5. The highest BCUT2D eigenvalue weighted by Crippen LogP contribution is 2.77. The molecule has 51 heavy (non-hydrogen) atoms. The largest absolute Gasteiger partial charge is 0.481 e. The minimum absolute atomic E-state index is 0.0266. The van der Waals surface area contributed by atoms with Crippen LogP contribution in [0.5, 0.6) is 0 Å². The van der Waals surface area contributed by atoms with Crippen LogP contribution in [-0.2, 0) is 19.1 Å². The SMILES string of the molecule is CC(C)C1=C2[C@H]3CC[C@@H]4[C@@]5(C)CC[C@H](OC(=O)[C@H]6C[C@@H](C(=O)O)C6(C)C)C(C)(C)[C@@H]5CC[C@@]4(C)[C@]3(C)CC[C@@]2(CCNCC2(N)CNC2)CC1=O. The Morgan fingerprint density at radius 2 is 1.61 bits per heavy atom. The van der Waals surface area contributed by atoms with E-state index >= 15 is 0 Å². The highest BCUT2D eigenvalue weighted by molar-refractivity contribution is 6.00. The number of hydrogen-bond donors (Lipinski definition) is 4. The van der Waals surface area contributed by atoms with E-state index in [0.717, 1.165) is 64.7 Å². The molecule has 5 N–H and O–H groups in total. The minimum atomic E-state index is -0.814. The van der Waals surface area contributed by atoms with E-state index in [4.69, 9.17) is 10.5 Å². The molecule has 0 spiro atoms. The predicted octanol–water partition coefficient (Wildman–Crippen LogP) is 6.91. The van der Waals surface area contributed by atoms with Crippen molar-refractivity contribution in [3.8, 4) is 0 Å². The Bertz CT molecular complexity index is 1500. The standard InChI is InChI=1S/C43H69N3O5/c1-25(2)33-29(47)21-42(18-19-45-22-43(44)23-46-24-43)17-16-40(8)26(34(33)42)10-11-31-39(7)14-13-32(38(5,6)30(39)12-15-41(31,40)9)51-36(50)28-20-27(35(48)49)37(28,3)4/h25-28,30-32,45-46H,10-24,44H2,1-9H3,(H,48,49)/t26-,27+,28-,30+,31-,32+,39+,40-,41-,42-/m1/s1. The molecule has 7 rings (SSSR count). The number of ether oxygens (including phenoxy) is 1. The van der Waals surface area contributed by atoms with Crippen molar-refractivity contribution in [2.24, 2.45) is 73.7 Å². The van der Waals surface area contributed by atoms with Crippen molar-refractivity contribution in [3.63, 3.8) is 0 Å². The summed E-state index contributed by atoms with van der Waals surface area (Å²) in [5, 5.41) is 16.7. The average molecular weight is 708 g/mol. The van der Waals surface area contributed by atoms with Gasteiger partial charge in [0.15, 0.2) is 5.78 Å². The first-order valence-electron chi connectivity index (χ1n) is 20.6. The Balaban J connectivity index is 1.12. The second kappa shape index (κ2) is 12.1. The molecule has 5 saturated carbocycles. The molecule has 286 valence electrons. The topological polar surface area (TPSA) is 131 Å². The Morgan fingerprint density at radius 1 is 0.902 bits per heavy atom. The Hall–Kier alpha value is -1.77. The van der Waals surface area contributed by atoms with Gasteiger partial charge in [0.1, 0.15) is 6.10 Å². The zero-order chi connectivity index (χ0) is 37.2. The van der Waals surface area contributed by atoms with E-state index in [2.05, 4.69) is 59.1 Å². The number of hydrogen-bond acceptors (Lipinski definition) is 7. The molecule has 10 atom stereocenters. The van der Waals surface area contributed by atoms with Gasteiger partial charge in [-0.05, 0) is 122 Å². The number of carboxylic acid groups (broad SMARTS) is 1. The summed E-state index contributed by atoms with van der Waals surface area (Å²) < 4.78 is 6.42. The zero-order valence-corrected chi connectivity index (χ0v) is 33.3. The van der Waals surface area contributed by atoms with E-state index in [-0.39, 0.29) is 56.5 Å². The van der Waals surface area contributed by atoms with Gasteiger partial charge in [-0.1, -0.05) is 67.9 Å². The number of carbonyl (C=O) groups is 3. The summed E-state index contributed by atoms with van der Waals surface area (Å²) in [5.74, 6) is 0.261. The molecule has 0 aromatic heterocycles. The molecule has 0 aromatic carbocycles. The zero-order valence-electron chi connectivity index (χ0n) is 33.3. The lowest BCUT2D eigenvalue weighted by Crippen LogP contribution is -2.70. The van der Waals surface area contributed by atoms with Gasteiger partial charge in [0.25, 0.3) is 0 Å². The molecule has 1 heterocycles. The van der Waals surface area contributed by atoms with Crippen molar-refractivity contribution in [2.75, 3.05) is 26.2 Å². The first-order chi connectivity index (χ1) is 23.7. The van der Waals surface area contributed by atoms with Crippen LogP contribution in [0.25, 0.3) is 0 Å². The molecule has 8 heteroatoms. The second-order valence-electron chi connectivity index (χ2n) is 21.2. The smallest absolute Gasteiger partial charge is 0.309 e. The molecule has 1 saturated heterocycles. The third-order valence-corrected chi connectivity index (χ3v) is 17.8. The summed E-state index contributed by atoms with van der Waals surface area (Å²) in [5.41, 5.74) is 8.74. The fourth-order valence-electron chi connectivity index (χ4n) is 14.4. The first-order valence-corrected chi connectivity index (χ1v) is 20.6. The van der Waals surface area contributed by atoms with Crippen LogP contribution in [0.4, 0.5) is 0 Å². The number of nitrogens with one attached hydrogen (secondary N) is 2. The quantitative estimate of drug-likeness (QED) is 0.150. The van der Waals surface area contributed by atoms with E-state index in [0.29, 0.717) is 36.4 Å². The molecule has 0 amide bonds. The van der Waals surface area contributed by atoms with E-state index in [1.54, 1.807) is 5.57 Å². The highest BCUT2D eigenvalue weighted by atomic mass is 16.5. The van der Waals surface area contributed by atoms with E-state index in [1.165, 1.54) is 24.8 Å². The maximum Gasteiger partial charge on any atom is 0.309 e. The van der Waals surface area contributed by atoms with Crippen molar-refractivity contribution >= 4 is 17.7 Å². The number of ketones is 1. The maximum absolute atomic E-state index is 14.0. The monoisotopic (exact) mass is 708 g/mol. The van der Waals surface area contributed by atoms with Crippen LogP contribution in [-0.4, -0.2) is 60.7 Å². The molecule has 6 fully saturated rings. The number of nitrogens with two attached hydrogens (primary N) is 1. The Kier molecular flexibility index (Phi) is 8.92. The number of fused-ring (bicyclic) bond motifs is 7. The third kappa shape index (κ3) is 5.32. The van der Waals surface area contributed by atoms with Crippen molar-refractivity contribution in [3.05, 3.63) is 11.1 Å². The summed E-state index contributed by atoms with van der Waals surface area (Å²) in [6, 6.07) is 0.